The molecule has 6 nitrogen and oxygen atoms in total. The number of amides is 2. The zero-order valence-electron chi connectivity index (χ0n) is 15.4. The Morgan fingerprint density at radius 1 is 1.22 bits per heavy atom. The van der Waals surface area contributed by atoms with Gasteiger partial charge >= 0.3 is 6.03 Å². The van der Waals surface area contributed by atoms with Crippen LogP contribution in [0.3, 0.4) is 0 Å². The summed E-state index contributed by atoms with van der Waals surface area (Å²) in [6.45, 7) is 2.71. The van der Waals surface area contributed by atoms with Crippen molar-refractivity contribution in [1.82, 2.24) is 15.2 Å². The SMILES string of the molecule is N#Cc1ccc(NC(=O)NCC[C@H]2CCCCN2Cc2ccccc2)cn1. The van der Waals surface area contributed by atoms with Crippen LogP contribution in [0.5, 0.6) is 0 Å². The van der Waals surface area contributed by atoms with Gasteiger partial charge in [0.05, 0.1) is 11.9 Å². The van der Waals surface area contributed by atoms with Gasteiger partial charge in [0.15, 0.2) is 0 Å². The number of piperidine rings is 1. The van der Waals surface area contributed by atoms with E-state index in [-0.39, 0.29) is 6.03 Å². The largest absolute Gasteiger partial charge is 0.338 e. The number of carbonyl (C=O) groups excluding carboxylic acids is 1. The molecule has 1 aromatic carbocycles. The van der Waals surface area contributed by atoms with Gasteiger partial charge in [-0.1, -0.05) is 36.8 Å². The molecule has 27 heavy (non-hydrogen) atoms. The summed E-state index contributed by atoms with van der Waals surface area (Å²) >= 11 is 0. The summed E-state index contributed by atoms with van der Waals surface area (Å²) < 4.78 is 0. The van der Waals surface area contributed by atoms with E-state index in [1.54, 1.807) is 12.1 Å². The van der Waals surface area contributed by atoms with Crippen LogP contribution in [0.2, 0.25) is 0 Å². The highest BCUT2D eigenvalue weighted by Crippen LogP contribution is 2.21. The molecule has 140 valence electrons. The number of anilines is 1. The van der Waals surface area contributed by atoms with Gasteiger partial charge in [0.1, 0.15) is 11.8 Å². The van der Waals surface area contributed by atoms with Crippen molar-refractivity contribution in [3.8, 4) is 6.07 Å². The molecule has 1 fully saturated rings. The van der Waals surface area contributed by atoms with Crippen LogP contribution in [0.15, 0.2) is 48.7 Å². The van der Waals surface area contributed by atoms with Crippen LogP contribution in [0.1, 0.15) is 36.9 Å². The number of rotatable bonds is 6. The smallest absolute Gasteiger partial charge is 0.319 e. The molecule has 0 unspecified atom stereocenters. The standard InChI is InChI=1S/C21H25N5O/c22-14-18-9-10-19(15-24-18)25-21(27)23-12-11-20-8-4-5-13-26(20)16-17-6-2-1-3-7-17/h1-3,6-7,9-10,15,20H,4-5,8,11-13,16H2,(H2,23,25,27)/t20-/m1/s1. The molecule has 0 spiro atoms. The molecule has 0 radical (unpaired) electrons. The van der Waals surface area contributed by atoms with Gasteiger partial charge < -0.3 is 10.6 Å². The number of hydrogen-bond acceptors (Lipinski definition) is 4. The average molecular weight is 363 g/mol. The Hall–Kier alpha value is -2.91. The Morgan fingerprint density at radius 3 is 2.81 bits per heavy atom. The second-order valence-corrected chi connectivity index (χ2v) is 6.82. The summed E-state index contributed by atoms with van der Waals surface area (Å²) in [7, 11) is 0. The monoisotopic (exact) mass is 363 g/mol. The molecule has 6 heteroatoms. The number of benzene rings is 1. The Kier molecular flexibility index (Phi) is 6.78. The first kappa shape index (κ1) is 18.9. The van der Waals surface area contributed by atoms with E-state index in [2.05, 4.69) is 44.8 Å². The molecule has 1 aliphatic rings. The molecule has 2 N–H and O–H groups in total. The van der Waals surface area contributed by atoms with Crippen molar-refractivity contribution in [2.24, 2.45) is 0 Å². The minimum atomic E-state index is -0.244. The fourth-order valence-electron chi connectivity index (χ4n) is 3.47. The van der Waals surface area contributed by atoms with Crippen molar-refractivity contribution in [2.45, 2.75) is 38.3 Å². The van der Waals surface area contributed by atoms with Crippen molar-refractivity contribution in [3.63, 3.8) is 0 Å². The Bertz CT molecular complexity index is 769. The number of nitrogens with zero attached hydrogens (tertiary/aromatic N) is 3. The number of likely N-dealkylation sites (tertiary alicyclic amines) is 1. The maximum Gasteiger partial charge on any atom is 0.319 e. The minimum absolute atomic E-state index is 0.244. The van der Waals surface area contributed by atoms with Crippen LogP contribution in [0.25, 0.3) is 0 Å². The van der Waals surface area contributed by atoms with Gasteiger partial charge in [-0.25, -0.2) is 9.78 Å². The Balaban J connectivity index is 1.44. The maximum atomic E-state index is 12.1. The van der Waals surface area contributed by atoms with Gasteiger partial charge in [-0.15, -0.1) is 0 Å². The van der Waals surface area contributed by atoms with Gasteiger partial charge in [-0.05, 0) is 43.5 Å². The van der Waals surface area contributed by atoms with E-state index in [0.717, 1.165) is 19.5 Å². The fourth-order valence-corrected chi connectivity index (χ4v) is 3.47. The second-order valence-electron chi connectivity index (χ2n) is 6.82. The number of nitriles is 1. The van der Waals surface area contributed by atoms with E-state index in [1.165, 1.54) is 31.0 Å². The summed E-state index contributed by atoms with van der Waals surface area (Å²) in [5, 5.41) is 14.4. The predicted molar refractivity (Wildman–Crippen MR) is 105 cm³/mol. The van der Waals surface area contributed by atoms with Gasteiger partial charge in [0.2, 0.25) is 0 Å². The third kappa shape index (κ3) is 5.80. The summed E-state index contributed by atoms with van der Waals surface area (Å²) in [4.78, 5) is 18.5. The number of hydrogen-bond donors (Lipinski definition) is 2. The second kappa shape index (κ2) is 9.70. The zero-order valence-corrected chi connectivity index (χ0v) is 15.4. The van der Waals surface area contributed by atoms with Crippen LogP contribution in [0, 0.1) is 11.3 Å². The molecular formula is C21H25N5O. The summed E-state index contributed by atoms with van der Waals surface area (Å²) in [5.41, 5.74) is 2.25. The lowest BCUT2D eigenvalue weighted by atomic mass is 9.98. The molecular weight excluding hydrogens is 338 g/mol. The van der Waals surface area contributed by atoms with E-state index < -0.39 is 0 Å². The summed E-state index contributed by atoms with van der Waals surface area (Å²) in [5.74, 6) is 0. The molecule has 1 saturated heterocycles. The van der Waals surface area contributed by atoms with Gasteiger partial charge in [-0.3, -0.25) is 4.90 Å². The molecule has 0 aliphatic carbocycles. The first-order valence-corrected chi connectivity index (χ1v) is 9.43. The molecule has 1 atom stereocenters. The van der Waals surface area contributed by atoms with Gasteiger partial charge in [-0.2, -0.15) is 5.26 Å². The summed E-state index contributed by atoms with van der Waals surface area (Å²) in [6.07, 6.45) is 6.09. The number of nitrogens with one attached hydrogen (secondary N) is 2. The molecule has 0 saturated carbocycles. The molecule has 3 rings (SSSR count). The van der Waals surface area contributed by atoms with Crippen molar-refractivity contribution >= 4 is 11.7 Å². The lowest BCUT2D eigenvalue weighted by Gasteiger charge is -2.36. The lowest BCUT2D eigenvalue weighted by Crippen LogP contribution is -2.41. The van der Waals surface area contributed by atoms with Gasteiger partial charge in [0, 0.05) is 19.1 Å². The van der Waals surface area contributed by atoms with E-state index in [4.69, 9.17) is 5.26 Å². The van der Waals surface area contributed by atoms with Crippen LogP contribution < -0.4 is 10.6 Å². The number of carbonyl (C=O) groups is 1. The molecule has 2 heterocycles. The van der Waals surface area contributed by atoms with Crippen molar-refractivity contribution < 1.29 is 4.79 Å². The zero-order chi connectivity index (χ0) is 18.9. The Morgan fingerprint density at radius 2 is 2.07 bits per heavy atom. The topological polar surface area (TPSA) is 81.0 Å². The number of pyridine rings is 1. The highest BCUT2D eigenvalue weighted by molar-refractivity contribution is 5.88. The Labute approximate surface area is 160 Å². The van der Waals surface area contributed by atoms with Gasteiger partial charge in [0.25, 0.3) is 0 Å². The van der Waals surface area contributed by atoms with Crippen LogP contribution in [-0.2, 0) is 6.54 Å². The summed E-state index contributed by atoms with van der Waals surface area (Å²) in [6, 6.07) is 16.0. The number of urea groups is 1. The van der Waals surface area contributed by atoms with Crippen LogP contribution in [-0.4, -0.2) is 35.0 Å². The van der Waals surface area contributed by atoms with Crippen molar-refractivity contribution in [1.29, 1.82) is 5.26 Å². The fraction of sp³-hybridized carbons (Fsp3) is 0.381. The van der Waals surface area contributed by atoms with E-state index in [0.29, 0.717) is 24.0 Å². The van der Waals surface area contributed by atoms with Crippen LogP contribution in [0.4, 0.5) is 10.5 Å². The van der Waals surface area contributed by atoms with Crippen molar-refractivity contribution in [2.75, 3.05) is 18.4 Å². The van der Waals surface area contributed by atoms with E-state index >= 15 is 0 Å². The third-order valence-corrected chi connectivity index (χ3v) is 4.88. The highest BCUT2D eigenvalue weighted by atomic mass is 16.2. The normalized spacial score (nSPS) is 17.1. The maximum absolute atomic E-state index is 12.1. The molecule has 1 aromatic heterocycles. The number of aromatic nitrogens is 1. The molecule has 2 aromatic rings. The molecule has 1 aliphatic heterocycles. The first-order chi connectivity index (χ1) is 13.2. The average Bonchev–Trinajstić information content (AvgIpc) is 2.71. The minimum Gasteiger partial charge on any atom is -0.338 e. The van der Waals surface area contributed by atoms with E-state index in [9.17, 15) is 4.79 Å². The van der Waals surface area contributed by atoms with Crippen molar-refractivity contribution in [3.05, 3.63) is 59.9 Å². The van der Waals surface area contributed by atoms with E-state index in [1.807, 2.05) is 12.1 Å². The quantitative estimate of drug-likeness (QED) is 0.823. The first-order valence-electron chi connectivity index (χ1n) is 9.43. The van der Waals surface area contributed by atoms with Crippen LogP contribution >= 0.6 is 0 Å². The predicted octanol–water partition coefficient (Wildman–Crippen LogP) is 3.52. The molecule has 2 amide bonds. The third-order valence-electron chi connectivity index (χ3n) is 4.88. The lowest BCUT2D eigenvalue weighted by molar-refractivity contribution is 0.132. The molecule has 0 bridgehead atoms. The highest BCUT2D eigenvalue weighted by Gasteiger charge is 2.22.